The van der Waals surface area contributed by atoms with Gasteiger partial charge < -0.3 is 40.6 Å². The van der Waals surface area contributed by atoms with E-state index in [1.54, 1.807) is 0 Å². The molecule has 0 aromatic rings. The third kappa shape index (κ3) is 31.0. The summed E-state index contributed by atoms with van der Waals surface area (Å²) < 4.78 is 84.2. The van der Waals surface area contributed by atoms with E-state index in [4.69, 9.17) is 50.2 Å². The van der Waals surface area contributed by atoms with Crippen molar-refractivity contribution in [3.63, 3.8) is 0 Å². The maximum atomic E-state index is 10.6. The highest BCUT2D eigenvalue weighted by molar-refractivity contribution is 5.73. The predicted octanol–water partition coefficient (Wildman–Crippen LogP) is 0.237. The summed E-state index contributed by atoms with van der Waals surface area (Å²) >= 11 is 0. The fourth-order valence-corrected chi connectivity index (χ4v) is 0.928. The van der Waals surface area contributed by atoms with Crippen molar-refractivity contribution in [3.8, 4) is 0 Å². The van der Waals surface area contributed by atoms with Crippen molar-refractivity contribution >= 4 is 11.9 Å². The topological polar surface area (TPSA) is 164 Å². The normalized spacial score (nSPS) is 11.1. The fourth-order valence-electron chi connectivity index (χ4n) is 0.928. The van der Waals surface area contributed by atoms with Crippen molar-refractivity contribution in [2.75, 3.05) is 65.9 Å². The second-order valence-electron chi connectivity index (χ2n) is 4.63. The third-order valence-electron chi connectivity index (χ3n) is 2.13. The molecular formula is C14H26F6N2O8. The molecule has 0 radical (unpaired) electrons. The van der Waals surface area contributed by atoms with Crippen LogP contribution in [0.25, 0.3) is 0 Å². The minimum atomic E-state index is -5.08. The van der Waals surface area contributed by atoms with E-state index in [1.165, 1.54) is 0 Å². The third-order valence-corrected chi connectivity index (χ3v) is 2.13. The summed E-state index contributed by atoms with van der Waals surface area (Å²) in [5.74, 6) is -5.51. The summed E-state index contributed by atoms with van der Waals surface area (Å²) in [6.45, 7) is 5.72. The van der Waals surface area contributed by atoms with Gasteiger partial charge in [-0.3, -0.25) is 0 Å². The standard InChI is InChI=1S/C10H24N2O4.2C2HF3O2/c11-1-3-13-5-7-15-9-10-16-8-6-14-4-2-12;2*3-2(4,5)1(6)7/h1-12H2;2*(H,6,7). The van der Waals surface area contributed by atoms with Crippen molar-refractivity contribution in [3.05, 3.63) is 0 Å². The molecule has 30 heavy (non-hydrogen) atoms. The first-order valence-corrected chi connectivity index (χ1v) is 8.12. The van der Waals surface area contributed by atoms with Crippen LogP contribution >= 0.6 is 0 Å². The van der Waals surface area contributed by atoms with Crippen LogP contribution in [0, 0.1) is 0 Å². The first-order valence-electron chi connectivity index (χ1n) is 8.12. The second-order valence-corrected chi connectivity index (χ2v) is 4.63. The minimum Gasteiger partial charge on any atom is -0.475 e. The zero-order chi connectivity index (χ0) is 24.1. The summed E-state index contributed by atoms with van der Waals surface area (Å²) in [5.41, 5.74) is 10.5. The number of halogens is 6. The molecule has 182 valence electrons. The molecule has 0 aromatic carbocycles. The van der Waals surface area contributed by atoms with Gasteiger partial charge in [0.05, 0.1) is 52.9 Å². The van der Waals surface area contributed by atoms with Crippen LogP contribution in [-0.2, 0) is 28.5 Å². The van der Waals surface area contributed by atoms with Crippen LogP contribution in [0.1, 0.15) is 0 Å². The first kappa shape index (κ1) is 32.9. The lowest BCUT2D eigenvalue weighted by molar-refractivity contribution is -0.193. The number of carboxylic acid groups (broad SMARTS) is 2. The molecule has 0 unspecified atom stereocenters. The zero-order valence-corrected chi connectivity index (χ0v) is 15.8. The number of alkyl halides is 6. The van der Waals surface area contributed by atoms with Crippen molar-refractivity contribution < 1.29 is 65.1 Å². The van der Waals surface area contributed by atoms with Crippen LogP contribution in [0.4, 0.5) is 26.3 Å². The van der Waals surface area contributed by atoms with E-state index in [0.717, 1.165) is 0 Å². The minimum absolute atomic E-state index is 0.548. The lowest BCUT2D eigenvalue weighted by Crippen LogP contribution is -2.21. The summed E-state index contributed by atoms with van der Waals surface area (Å²) in [5, 5.41) is 14.2. The van der Waals surface area contributed by atoms with Gasteiger partial charge in [0, 0.05) is 13.1 Å². The largest absolute Gasteiger partial charge is 0.490 e. The molecule has 6 N–H and O–H groups in total. The lowest BCUT2D eigenvalue weighted by atomic mass is 10.6. The van der Waals surface area contributed by atoms with Crippen LogP contribution in [0.3, 0.4) is 0 Å². The summed E-state index contributed by atoms with van der Waals surface area (Å²) in [6.07, 6.45) is -10.2. The summed E-state index contributed by atoms with van der Waals surface area (Å²) in [6, 6.07) is 0. The van der Waals surface area contributed by atoms with Gasteiger partial charge in [0.1, 0.15) is 0 Å². The van der Waals surface area contributed by atoms with Gasteiger partial charge in [-0.2, -0.15) is 26.3 Å². The molecule has 10 nitrogen and oxygen atoms in total. The number of aliphatic carboxylic acids is 2. The quantitative estimate of drug-likeness (QED) is 0.219. The Morgan fingerprint density at radius 1 is 0.567 bits per heavy atom. The average molecular weight is 464 g/mol. The highest BCUT2D eigenvalue weighted by Crippen LogP contribution is 2.13. The number of ether oxygens (including phenoxy) is 4. The molecule has 0 aliphatic heterocycles. The van der Waals surface area contributed by atoms with Crippen LogP contribution in [-0.4, -0.2) is 100 Å². The van der Waals surface area contributed by atoms with E-state index in [9.17, 15) is 26.3 Å². The molecule has 0 saturated heterocycles. The van der Waals surface area contributed by atoms with E-state index in [-0.39, 0.29) is 0 Å². The molecule has 0 heterocycles. The highest BCUT2D eigenvalue weighted by atomic mass is 19.4. The average Bonchev–Trinajstić information content (AvgIpc) is 2.62. The van der Waals surface area contributed by atoms with Gasteiger partial charge in [0.2, 0.25) is 0 Å². The van der Waals surface area contributed by atoms with Gasteiger partial charge in [0.25, 0.3) is 0 Å². The molecular weight excluding hydrogens is 438 g/mol. The van der Waals surface area contributed by atoms with Crippen LogP contribution < -0.4 is 11.5 Å². The van der Waals surface area contributed by atoms with E-state index in [2.05, 4.69) is 0 Å². The number of nitrogens with two attached hydrogens (primary N) is 2. The molecule has 16 heteroatoms. The number of hydrogen-bond acceptors (Lipinski definition) is 8. The molecule has 0 rings (SSSR count). The maximum Gasteiger partial charge on any atom is 0.490 e. The van der Waals surface area contributed by atoms with Crippen LogP contribution in [0.5, 0.6) is 0 Å². The molecule has 0 bridgehead atoms. The Bertz CT molecular complexity index is 386. The van der Waals surface area contributed by atoms with E-state index in [0.29, 0.717) is 65.9 Å². The Hall–Kier alpha value is -1.72. The second kappa shape index (κ2) is 20.5. The summed E-state index contributed by atoms with van der Waals surface area (Å²) in [4.78, 5) is 17.8. The van der Waals surface area contributed by atoms with Crippen LogP contribution in [0.2, 0.25) is 0 Å². The first-order chi connectivity index (χ1) is 13.8. The van der Waals surface area contributed by atoms with Gasteiger partial charge in [-0.05, 0) is 0 Å². The van der Waals surface area contributed by atoms with Gasteiger partial charge >= 0.3 is 24.3 Å². The zero-order valence-electron chi connectivity index (χ0n) is 15.8. The Morgan fingerprint density at radius 2 is 0.733 bits per heavy atom. The van der Waals surface area contributed by atoms with Gasteiger partial charge in [-0.15, -0.1) is 0 Å². The van der Waals surface area contributed by atoms with Gasteiger partial charge in [-0.25, -0.2) is 9.59 Å². The smallest absolute Gasteiger partial charge is 0.475 e. The Balaban J connectivity index is -0.000000430. The Morgan fingerprint density at radius 3 is 0.867 bits per heavy atom. The monoisotopic (exact) mass is 464 g/mol. The molecule has 0 amide bonds. The molecule has 0 aromatic heterocycles. The summed E-state index contributed by atoms with van der Waals surface area (Å²) in [7, 11) is 0. The SMILES string of the molecule is NCCOCCOCCOCCOCCN.O=C(O)C(F)(F)F.O=C(O)C(F)(F)F. The molecule has 0 spiro atoms. The molecule has 0 aliphatic rings. The predicted molar refractivity (Wildman–Crippen MR) is 88.8 cm³/mol. The molecule has 0 saturated carbocycles. The van der Waals surface area contributed by atoms with Crippen LogP contribution in [0.15, 0.2) is 0 Å². The van der Waals surface area contributed by atoms with Crippen molar-refractivity contribution in [1.29, 1.82) is 0 Å². The fraction of sp³-hybridized carbons (Fsp3) is 0.857. The van der Waals surface area contributed by atoms with Crippen molar-refractivity contribution in [1.82, 2.24) is 0 Å². The number of hydrogen-bond donors (Lipinski definition) is 4. The van der Waals surface area contributed by atoms with Crippen molar-refractivity contribution in [2.45, 2.75) is 12.4 Å². The molecule has 0 fully saturated rings. The van der Waals surface area contributed by atoms with E-state index < -0.39 is 24.3 Å². The lowest BCUT2D eigenvalue weighted by Gasteiger charge is -2.06. The van der Waals surface area contributed by atoms with E-state index in [1.807, 2.05) is 0 Å². The Labute approximate surface area is 168 Å². The number of carbonyl (C=O) groups is 2. The number of carboxylic acids is 2. The molecule has 0 aliphatic carbocycles. The number of rotatable bonds is 13. The van der Waals surface area contributed by atoms with E-state index >= 15 is 0 Å². The van der Waals surface area contributed by atoms with Gasteiger partial charge in [-0.1, -0.05) is 0 Å². The maximum absolute atomic E-state index is 10.6. The van der Waals surface area contributed by atoms with Gasteiger partial charge in [0.15, 0.2) is 0 Å². The highest BCUT2D eigenvalue weighted by Gasteiger charge is 2.38. The molecule has 0 atom stereocenters. The van der Waals surface area contributed by atoms with Crippen molar-refractivity contribution in [2.24, 2.45) is 11.5 Å². The Kier molecular flexibility index (Phi) is 22.6.